The number of hydrogen-bond acceptors (Lipinski definition) is 5. The van der Waals surface area contributed by atoms with Crippen LogP contribution >= 0.6 is 0 Å². The van der Waals surface area contributed by atoms with Gasteiger partial charge in [-0.3, -0.25) is 9.59 Å². The molecule has 2 aliphatic heterocycles. The molecule has 7 nitrogen and oxygen atoms in total. The van der Waals surface area contributed by atoms with Gasteiger partial charge in [0.1, 0.15) is 0 Å². The second kappa shape index (κ2) is 5.55. The predicted octanol–water partition coefficient (Wildman–Crippen LogP) is 1.93. The van der Waals surface area contributed by atoms with Crippen LogP contribution in [0.25, 0.3) is 11.3 Å². The van der Waals surface area contributed by atoms with Crippen molar-refractivity contribution in [2.24, 2.45) is 11.7 Å². The third kappa shape index (κ3) is 2.18. The van der Waals surface area contributed by atoms with Gasteiger partial charge in [0.05, 0.1) is 17.0 Å². The van der Waals surface area contributed by atoms with Gasteiger partial charge in [-0.05, 0) is 56.7 Å². The number of fused-ring (bicyclic) bond motifs is 3. The van der Waals surface area contributed by atoms with Crippen molar-refractivity contribution >= 4 is 23.5 Å². The van der Waals surface area contributed by atoms with Gasteiger partial charge in [-0.15, -0.1) is 0 Å². The van der Waals surface area contributed by atoms with Crippen molar-refractivity contribution < 1.29 is 9.59 Å². The van der Waals surface area contributed by atoms with E-state index in [4.69, 9.17) is 15.7 Å². The zero-order valence-electron chi connectivity index (χ0n) is 16.4. The first-order valence-electron chi connectivity index (χ1n) is 10.4. The SMILES string of the molecule is C[C@H]1CCN1c1nc2c(c(-c3ccc4c(c3)[C@]3(C[C@H]3C(N)=O)C(=O)N4)n1)CCC2. The van der Waals surface area contributed by atoms with E-state index in [1.165, 1.54) is 12.0 Å². The Morgan fingerprint density at radius 1 is 1.31 bits per heavy atom. The van der Waals surface area contributed by atoms with Crippen LogP contribution < -0.4 is 16.0 Å². The molecule has 1 aromatic heterocycles. The van der Waals surface area contributed by atoms with Gasteiger partial charge >= 0.3 is 0 Å². The van der Waals surface area contributed by atoms with E-state index in [2.05, 4.69) is 17.1 Å². The molecule has 0 radical (unpaired) electrons. The molecule has 0 unspecified atom stereocenters. The minimum absolute atomic E-state index is 0.114. The van der Waals surface area contributed by atoms with Crippen molar-refractivity contribution in [3.05, 3.63) is 35.0 Å². The molecule has 7 heteroatoms. The highest BCUT2D eigenvalue weighted by Crippen LogP contribution is 2.60. The van der Waals surface area contributed by atoms with Gasteiger partial charge in [0.15, 0.2) is 0 Å². The van der Waals surface area contributed by atoms with Gasteiger partial charge in [-0.1, -0.05) is 6.07 Å². The van der Waals surface area contributed by atoms with Gasteiger partial charge in [0.2, 0.25) is 17.8 Å². The maximum atomic E-state index is 12.6. The third-order valence-electron chi connectivity index (χ3n) is 7.23. The molecule has 0 bridgehead atoms. The topological polar surface area (TPSA) is 101 Å². The summed E-state index contributed by atoms with van der Waals surface area (Å²) in [5.41, 5.74) is 10.7. The van der Waals surface area contributed by atoms with Crippen molar-refractivity contribution in [3.8, 4) is 11.3 Å². The number of primary amides is 1. The zero-order valence-corrected chi connectivity index (χ0v) is 16.4. The van der Waals surface area contributed by atoms with E-state index >= 15 is 0 Å². The first-order chi connectivity index (χ1) is 14.0. The molecule has 1 aromatic carbocycles. The van der Waals surface area contributed by atoms with Gasteiger partial charge < -0.3 is 16.0 Å². The molecule has 2 fully saturated rings. The number of hydrogen-bond donors (Lipinski definition) is 2. The normalized spacial score (nSPS) is 28.7. The number of nitrogens with zero attached hydrogens (tertiary/aromatic N) is 3. The zero-order chi connectivity index (χ0) is 19.9. The number of rotatable bonds is 3. The Hall–Kier alpha value is -2.96. The molecule has 4 aliphatic rings. The lowest BCUT2D eigenvalue weighted by molar-refractivity contribution is -0.123. The van der Waals surface area contributed by atoms with Gasteiger partial charge in [-0.2, -0.15) is 0 Å². The van der Waals surface area contributed by atoms with Gasteiger partial charge in [0.25, 0.3) is 0 Å². The van der Waals surface area contributed by atoms with E-state index in [9.17, 15) is 9.59 Å². The molecule has 2 amide bonds. The van der Waals surface area contributed by atoms with Crippen molar-refractivity contribution in [2.45, 2.75) is 50.5 Å². The van der Waals surface area contributed by atoms with Crippen LogP contribution in [0.4, 0.5) is 11.6 Å². The van der Waals surface area contributed by atoms with E-state index in [-0.39, 0.29) is 5.91 Å². The van der Waals surface area contributed by atoms with Crippen LogP contribution in [-0.4, -0.2) is 34.4 Å². The van der Waals surface area contributed by atoms with E-state index in [1.807, 2.05) is 18.2 Å². The summed E-state index contributed by atoms with van der Waals surface area (Å²) in [5.74, 6) is -0.135. The predicted molar refractivity (Wildman–Crippen MR) is 109 cm³/mol. The highest BCUT2D eigenvalue weighted by atomic mass is 16.2. The molecule has 6 rings (SSSR count). The number of nitrogens with one attached hydrogen (secondary N) is 1. The van der Waals surface area contributed by atoms with Crippen molar-refractivity contribution in [2.75, 3.05) is 16.8 Å². The monoisotopic (exact) mass is 389 g/mol. The van der Waals surface area contributed by atoms with Gasteiger partial charge in [0, 0.05) is 35.1 Å². The average molecular weight is 389 g/mol. The molecule has 2 aromatic rings. The smallest absolute Gasteiger partial charge is 0.235 e. The summed E-state index contributed by atoms with van der Waals surface area (Å²) >= 11 is 0. The Labute approximate surface area is 168 Å². The number of anilines is 2. The first kappa shape index (κ1) is 16.9. The maximum Gasteiger partial charge on any atom is 0.235 e. The molecule has 29 heavy (non-hydrogen) atoms. The highest BCUT2D eigenvalue weighted by Gasteiger charge is 2.67. The largest absolute Gasteiger partial charge is 0.369 e. The molecule has 148 valence electrons. The van der Waals surface area contributed by atoms with Crippen molar-refractivity contribution in [1.82, 2.24) is 9.97 Å². The fourth-order valence-corrected chi connectivity index (χ4v) is 5.28. The minimum Gasteiger partial charge on any atom is -0.369 e. The minimum atomic E-state index is -0.789. The number of benzene rings is 1. The number of carbonyl (C=O) groups excluding carboxylic acids is 2. The van der Waals surface area contributed by atoms with E-state index in [0.29, 0.717) is 12.5 Å². The number of amides is 2. The molecule has 3 N–H and O–H groups in total. The number of nitrogens with two attached hydrogens (primary N) is 1. The summed E-state index contributed by atoms with van der Waals surface area (Å²) in [5, 5.41) is 2.93. The molecular weight excluding hydrogens is 366 g/mol. The van der Waals surface area contributed by atoms with Crippen molar-refractivity contribution in [3.63, 3.8) is 0 Å². The van der Waals surface area contributed by atoms with E-state index in [0.717, 1.165) is 60.0 Å². The number of aromatic nitrogens is 2. The second-order valence-corrected chi connectivity index (χ2v) is 8.83. The van der Waals surface area contributed by atoms with Crippen LogP contribution in [-0.2, 0) is 27.8 Å². The maximum absolute atomic E-state index is 12.6. The molecule has 2 aliphatic carbocycles. The standard InChI is InChI=1S/C22H23N5O2/c1-11-7-8-27(11)21-25-16-4-2-3-13(16)18(26-21)12-5-6-17-14(9-12)22(20(29)24-17)10-15(22)19(23)28/h5-6,9,11,15H,2-4,7-8,10H2,1H3,(H2,23,28)(H,24,29)/t11-,15-,22-/m0/s1. The molecule has 1 spiro atoms. The summed E-state index contributed by atoms with van der Waals surface area (Å²) in [6, 6.07) is 6.46. The third-order valence-corrected chi connectivity index (χ3v) is 7.23. The second-order valence-electron chi connectivity index (χ2n) is 8.83. The lowest BCUT2D eigenvalue weighted by Gasteiger charge is -2.39. The molecule has 3 atom stereocenters. The Morgan fingerprint density at radius 2 is 2.17 bits per heavy atom. The van der Waals surface area contributed by atoms with Crippen LogP contribution in [0.15, 0.2) is 18.2 Å². The summed E-state index contributed by atoms with van der Waals surface area (Å²) in [6.45, 7) is 3.19. The average Bonchev–Trinajstić information content (AvgIpc) is 3.18. The molecular formula is C22H23N5O2. The molecule has 1 saturated carbocycles. The lowest BCUT2D eigenvalue weighted by Crippen LogP contribution is -2.46. The van der Waals surface area contributed by atoms with Crippen molar-refractivity contribution in [1.29, 1.82) is 0 Å². The van der Waals surface area contributed by atoms with Gasteiger partial charge in [-0.25, -0.2) is 9.97 Å². The Bertz CT molecular complexity index is 1100. The van der Waals surface area contributed by atoms with Crippen LogP contribution in [0.1, 0.15) is 43.0 Å². The summed E-state index contributed by atoms with van der Waals surface area (Å²) in [6.07, 6.45) is 4.71. The quantitative estimate of drug-likeness (QED) is 0.835. The first-order valence-corrected chi connectivity index (χ1v) is 10.4. The summed E-state index contributed by atoms with van der Waals surface area (Å²) in [4.78, 5) is 36.5. The molecule has 3 heterocycles. The number of aryl methyl sites for hydroxylation is 1. The lowest BCUT2D eigenvalue weighted by atomic mass is 9.91. The van der Waals surface area contributed by atoms with Crippen LogP contribution in [0, 0.1) is 5.92 Å². The summed E-state index contributed by atoms with van der Waals surface area (Å²) < 4.78 is 0. The highest BCUT2D eigenvalue weighted by molar-refractivity contribution is 6.13. The Morgan fingerprint density at radius 3 is 2.86 bits per heavy atom. The Kier molecular flexibility index (Phi) is 3.25. The molecule has 1 saturated heterocycles. The fourth-order valence-electron chi connectivity index (χ4n) is 5.28. The van der Waals surface area contributed by atoms with E-state index < -0.39 is 17.2 Å². The number of carbonyl (C=O) groups is 2. The van der Waals surface area contributed by atoms with Crippen LogP contribution in [0.2, 0.25) is 0 Å². The van der Waals surface area contributed by atoms with Crippen LogP contribution in [0.5, 0.6) is 0 Å². The van der Waals surface area contributed by atoms with E-state index in [1.54, 1.807) is 0 Å². The Balaban J connectivity index is 1.48. The summed E-state index contributed by atoms with van der Waals surface area (Å²) in [7, 11) is 0. The fraction of sp³-hybridized carbons (Fsp3) is 0.455. The van der Waals surface area contributed by atoms with Crippen LogP contribution in [0.3, 0.4) is 0 Å².